The van der Waals surface area contributed by atoms with E-state index in [0.717, 1.165) is 21.3 Å². The lowest BCUT2D eigenvalue weighted by atomic mass is 10.1. The Hall–Kier alpha value is -3.38. The van der Waals surface area contributed by atoms with Crippen molar-refractivity contribution in [2.24, 2.45) is 0 Å². The molecular formula is C25H24N2O3S. The van der Waals surface area contributed by atoms with E-state index in [1.165, 1.54) is 16.9 Å². The Morgan fingerprint density at radius 3 is 2.29 bits per heavy atom. The van der Waals surface area contributed by atoms with Gasteiger partial charge >= 0.3 is 0 Å². The van der Waals surface area contributed by atoms with Crippen molar-refractivity contribution >= 4 is 32.6 Å². The first-order valence-corrected chi connectivity index (χ1v) is 10.8. The maximum absolute atomic E-state index is 13.7. The van der Waals surface area contributed by atoms with Gasteiger partial charge in [-0.05, 0) is 48.7 Å². The van der Waals surface area contributed by atoms with Crippen LogP contribution >= 0.6 is 11.3 Å². The van der Waals surface area contributed by atoms with Crippen LogP contribution in [0.25, 0.3) is 10.2 Å². The summed E-state index contributed by atoms with van der Waals surface area (Å²) in [7, 11) is 3.15. The summed E-state index contributed by atoms with van der Waals surface area (Å²) >= 11 is 1.52. The van der Waals surface area contributed by atoms with Crippen LogP contribution in [0.15, 0.2) is 60.7 Å². The third-order valence-corrected chi connectivity index (χ3v) is 6.38. The zero-order valence-corrected chi connectivity index (χ0v) is 18.8. The molecular weight excluding hydrogens is 408 g/mol. The van der Waals surface area contributed by atoms with E-state index in [0.29, 0.717) is 28.7 Å². The van der Waals surface area contributed by atoms with E-state index in [1.807, 2.05) is 30.3 Å². The highest BCUT2D eigenvalue weighted by molar-refractivity contribution is 7.22. The highest BCUT2D eigenvalue weighted by atomic mass is 32.1. The number of nitrogens with zero attached hydrogens (tertiary/aromatic N) is 2. The number of hydrogen-bond acceptors (Lipinski definition) is 5. The van der Waals surface area contributed by atoms with Crippen LogP contribution in [-0.4, -0.2) is 25.1 Å². The van der Waals surface area contributed by atoms with E-state index in [4.69, 9.17) is 14.5 Å². The molecule has 0 saturated carbocycles. The summed E-state index contributed by atoms with van der Waals surface area (Å²) in [4.78, 5) is 20.3. The largest absolute Gasteiger partial charge is 0.497 e. The molecule has 1 aromatic heterocycles. The van der Waals surface area contributed by atoms with E-state index < -0.39 is 0 Å². The van der Waals surface area contributed by atoms with Crippen LogP contribution in [0.2, 0.25) is 0 Å². The molecule has 0 aliphatic carbocycles. The fourth-order valence-electron chi connectivity index (χ4n) is 3.41. The first-order chi connectivity index (χ1) is 15.0. The summed E-state index contributed by atoms with van der Waals surface area (Å²) in [5.74, 6) is 0.978. The molecule has 0 unspecified atom stereocenters. The fourth-order valence-corrected chi connectivity index (χ4v) is 4.43. The molecule has 0 atom stereocenters. The monoisotopic (exact) mass is 432 g/mol. The van der Waals surface area contributed by atoms with Gasteiger partial charge in [0.2, 0.25) is 0 Å². The normalized spacial score (nSPS) is 10.8. The first kappa shape index (κ1) is 20.9. The molecule has 0 N–H and O–H groups in total. The predicted molar refractivity (Wildman–Crippen MR) is 126 cm³/mol. The number of methoxy groups -OCH3 is 2. The average molecular weight is 433 g/mol. The van der Waals surface area contributed by atoms with Crippen LogP contribution < -0.4 is 14.4 Å². The topological polar surface area (TPSA) is 51.7 Å². The Kier molecular flexibility index (Phi) is 5.91. The molecule has 0 aliphatic rings. The van der Waals surface area contributed by atoms with Gasteiger partial charge in [0.15, 0.2) is 5.13 Å². The summed E-state index contributed by atoms with van der Waals surface area (Å²) in [6, 6.07) is 19.3. The molecule has 1 amide bonds. The predicted octanol–water partition coefficient (Wildman–Crippen LogP) is 5.78. The Bertz CT molecular complexity index is 1210. The minimum Gasteiger partial charge on any atom is -0.497 e. The quantitative estimate of drug-likeness (QED) is 0.388. The number of thiazole rings is 1. The number of carbonyl (C=O) groups excluding carboxylic acids is 1. The number of anilines is 1. The van der Waals surface area contributed by atoms with Gasteiger partial charge in [-0.3, -0.25) is 9.69 Å². The van der Waals surface area contributed by atoms with Gasteiger partial charge < -0.3 is 9.47 Å². The SMILES string of the molecule is COc1cc(OC)cc(C(=O)N(Cc2ccccc2)c2nc3c(C)c(C)ccc3s2)c1. The third kappa shape index (κ3) is 4.25. The first-order valence-electron chi connectivity index (χ1n) is 9.95. The highest BCUT2D eigenvalue weighted by Gasteiger charge is 2.23. The Balaban J connectivity index is 1.82. The van der Waals surface area contributed by atoms with E-state index in [9.17, 15) is 4.79 Å². The molecule has 0 fully saturated rings. The lowest BCUT2D eigenvalue weighted by molar-refractivity contribution is 0.0984. The van der Waals surface area contributed by atoms with E-state index >= 15 is 0 Å². The molecule has 4 rings (SSSR count). The van der Waals surface area contributed by atoms with Crippen LogP contribution in [0, 0.1) is 13.8 Å². The maximum Gasteiger partial charge on any atom is 0.260 e. The lowest BCUT2D eigenvalue weighted by Crippen LogP contribution is -2.30. The number of rotatable bonds is 6. The fraction of sp³-hybridized carbons (Fsp3) is 0.200. The summed E-state index contributed by atoms with van der Waals surface area (Å²) in [5.41, 5.74) is 4.77. The van der Waals surface area contributed by atoms with Crippen molar-refractivity contribution in [3.63, 3.8) is 0 Å². The van der Waals surface area contributed by atoms with Gasteiger partial charge in [0.25, 0.3) is 5.91 Å². The van der Waals surface area contributed by atoms with Crippen molar-refractivity contribution in [1.29, 1.82) is 0 Å². The standard InChI is InChI=1S/C25H24N2O3S/c1-16-10-11-22-23(17(16)2)26-25(31-22)27(15-18-8-6-5-7-9-18)24(28)19-12-20(29-3)14-21(13-19)30-4/h5-14H,15H2,1-4H3. The van der Waals surface area contributed by atoms with Crippen LogP contribution in [0.4, 0.5) is 5.13 Å². The van der Waals surface area contributed by atoms with Gasteiger partial charge in [-0.2, -0.15) is 0 Å². The molecule has 0 saturated heterocycles. The second kappa shape index (κ2) is 8.78. The number of fused-ring (bicyclic) bond motifs is 1. The molecule has 0 radical (unpaired) electrons. The van der Waals surface area contributed by atoms with Crippen molar-refractivity contribution in [3.05, 3.63) is 82.9 Å². The number of hydrogen-bond donors (Lipinski definition) is 0. The molecule has 0 aliphatic heterocycles. The molecule has 31 heavy (non-hydrogen) atoms. The van der Waals surface area contributed by atoms with Crippen LogP contribution in [0.3, 0.4) is 0 Å². The van der Waals surface area contributed by atoms with Crippen molar-refractivity contribution in [1.82, 2.24) is 4.98 Å². The van der Waals surface area contributed by atoms with Gasteiger partial charge in [-0.25, -0.2) is 4.98 Å². The molecule has 1 heterocycles. The van der Waals surface area contributed by atoms with Gasteiger partial charge in [-0.1, -0.05) is 47.7 Å². The second-order valence-corrected chi connectivity index (χ2v) is 8.34. The molecule has 0 bridgehead atoms. The zero-order chi connectivity index (χ0) is 22.0. The van der Waals surface area contributed by atoms with Gasteiger partial charge in [0.05, 0.1) is 31.0 Å². The molecule has 5 nitrogen and oxygen atoms in total. The van der Waals surface area contributed by atoms with E-state index in [-0.39, 0.29) is 5.91 Å². The van der Waals surface area contributed by atoms with E-state index in [1.54, 1.807) is 37.3 Å². The smallest absolute Gasteiger partial charge is 0.260 e. The zero-order valence-electron chi connectivity index (χ0n) is 18.0. The molecule has 3 aromatic carbocycles. The second-order valence-electron chi connectivity index (χ2n) is 7.33. The lowest BCUT2D eigenvalue weighted by Gasteiger charge is -2.21. The highest BCUT2D eigenvalue weighted by Crippen LogP contribution is 2.34. The number of aromatic nitrogens is 1. The summed E-state index contributed by atoms with van der Waals surface area (Å²) in [6.07, 6.45) is 0. The maximum atomic E-state index is 13.7. The van der Waals surface area contributed by atoms with Crippen LogP contribution in [0.5, 0.6) is 11.5 Å². The number of carbonyl (C=O) groups is 1. The third-order valence-electron chi connectivity index (χ3n) is 5.33. The number of amides is 1. The average Bonchev–Trinajstić information content (AvgIpc) is 3.24. The van der Waals surface area contributed by atoms with Crippen molar-refractivity contribution < 1.29 is 14.3 Å². The van der Waals surface area contributed by atoms with E-state index in [2.05, 4.69) is 26.0 Å². The Labute approximate surface area is 185 Å². The van der Waals surface area contributed by atoms with Crippen molar-refractivity contribution in [2.45, 2.75) is 20.4 Å². The molecule has 4 aromatic rings. The Morgan fingerprint density at radius 2 is 1.65 bits per heavy atom. The van der Waals surface area contributed by atoms with Gasteiger partial charge in [0.1, 0.15) is 11.5 Å². The molecule has 0 spiro atoms. The minimum atomic E-state index is -0.158. The summed E-state index contributed by atoms with van der Waals surface area (Å²) < 4.78 is 11.8. The number of ether oxygens (including phenoxy) is 2. The Morgan fingerprint density at radius 1 is 0.968 bits per heavy atom. The van der Waals surface area contributed by atoms with Crippen molar-refractivity contribution in [2.75, 3.05) is 19.1 Å². The minimum absolute atomic E-state index is 0.158. The van der Waals surface area contributed by atoms with Gasteiger partial charge in [-0.15, -0.1) is 0 Å². The van der Waals surface area contributed by atoms with Crippen molar-refractivity contribution in [3.8, 4) is 11.5 Å². The number of benzene rings is 3. The molecule has 6 heteroatoms. The number of aryl methyl sites for hydroxylation is 2. The van der Waals surface area contributed by atoms with Crippen LogP contribution in [0.1, 0.15) is 27.0 Å². The van der Waals surface area contributed by atoms with Gasteiger partial charge in [0, 0.05) is 11.6 Å². The molecule has 158 valence electrons. The van der Waals surface area contributed by atoms with Crippen LogP contribution in [-0.2, 0) is 6.54 Å². The summed E-state index contributed by atoms with van der Waals surface area (Å²) in [6.45, 7) is 4.55. The summed E-state index contributed by atoms with van der Waals surface area (Å²) in [5, 5.41) is 0.666.